The molecule has 21 heavy (non-hydrogen) atoms. The summed E-state index contributed by atoms with van der Waals surface area (Å²) in [4.78, 5) is 11.7. The Hall–Kier alpha value is -2.33. The second kappa shape index (κ2) is 7.45. The molecule has 4 nitrogen and oxygen atoms in total. The van der Waals surface area contributed by atoms with Crippen LogP contribution in [-0.4, -0.2) is 24.2 Å². The van der Waals surface area contributed by atoms with E-state index in [4.69, 9.17) is 5.11 Å². The van der Waals surface area contributed by atoms with Crippen molar-refractivity contribution in [2.75, 3.05) is 18.5 Å². The van der Waals surface area contributed by atoms with Crippen LogP contribution in [0.3, 0.4) is 0 Å². The van der Waals surface area contributed by atoms with E-state index in [1.54, 1.807) is 12.1 Å². The molecule has 0 unspecified atom stereocenters. The van der Waals surface area contributed by atoms with E-state index in [1.807, 2.05) is 12.1 Å². The van der Waals surface area contributed by atoms with Crippen molar-refractivity contribution < 1.29 is 9.90 Å². The van der Waals surface area contributed by atoms with Crippen LogP contribution in [-0.2, 0) is 6.54 Å². The second-order valence-electron chi connectivity index (χ2n) is 4.90. The van der Waals surface area contributed by atoms with Crippen molar-refractivity contribution >= 4 is 11.6 Å². The van der Waals surface area contributed by atoms with Gasteiger partial charge in [0.2, 0.25) is 0 Å². The van der Waals surface area contributed by atoms with Crippen LogP contribution in [0.5, 0.6) is 0 Å². The molecule has 2 aromatic rings. The van der Waals surface area contributed by atoms with Gasteiger partial charge in [0.05, 0.1) is 6.61 Å². The Labute approximate surface area is 124 Å². The molecule has 2 aromatic carbocycles. The monoisotopic (exact) mass is 284 g/mol. The molecule has 0 aliphatic heterocycles. The van der Waals surface area contributed by atoms with E-state index in [9.17, 15) is 4.79 Å². The summed E-state index contributed by atoms with van der Waals surface area (Å²) in [7, 11) is 0. The molecule has 0 saturated carbocycles. The smallest absolute Gasteiger partial charge is 0.251 e. The fourth-order valence-electron chi connectivity index (χ4n) is 1.92. The van der Waals surface area contributed by atoms with Crippen molar-refractivity contribution in [3.8, 4) is 0 Å². The quantitative estimate of drug-likeness (QED) is 0.763. The molecule has 0 saturated heterocycles. The Kier molecular flexibility index (Phi) is 5.35. The van der Waals surface area contributed by atoms with E-state index in [2.05, 4.69) is 41.8 Å². The lowest BCUT2D eigenvalue weighted by Gasteiger charge is -2.08. The molecule has 0 spiro atoms. The predicted octanol–water partition coefficient (Wildman–Crippen LogP) is 2.33. The van der Waals surface area contributed by atoms with E-state index in [-0.39, 0.29) is 19.1 Å². The van der Waals surface area contributed by atoms with Gasteiger partial charge in [0, 0.05) is 24.3 Å². The summed E-state index contributed by atoms with van der Waals surface area (Å²) in [6, 6.07) is 15.7. The van der Waals surface area contributed by atoms with Gasteiger partial charge in [-0.25, -0.2) is 0 Å². The lowest BCUT2D eigenvalue weighted by atomic mass is 10.1. The van der Waals surface area contributed by atoms with Gasteiger partial charge < -0.3 is 15.7 Å². The van der Waals surface area contributed by atoms with Crippen molar-refractivity contribution in [2.45, 2.75) is 13.5 Å². The number of anilines is 1. The number of aryl methyl sites for hydroxylation is 1. The van der Waals surface area contributed by atoms with Crippen LogP contribution in [0, 0.1) is 6.92 Å². The van der Waals surface area contributed by atoms with Gasteiger partial charge in [-0.05, 0) is 36.8 Å². The molecule has 0 aromatic heterocycles. The number of aliphatic hydroxyl groups excluding tert-OH is 1. The third-order valence-corrected chi connectivity index (χ3v) is 3.16. The zero-order valence-electron chi connectivity index (χ0n) is 12.1. The fourth-order valence-corrected chi connectivity index (χ4v) is 1.92. The first kappa shape index (κ1) is 15.1. The Bertz CT molecular complexity index is 577. The summed E-state index contributed by atoms with van der Waals surface area (Å²) in [6.07, 6.45) is 0. The molecular weight excluding hydrogens is 264 g/mol. The summed E-state index contributed by atoms with van der Waals surface area (Å²) >= 11 is 0. The number of hydrogen-bond acceptors (Lipinski definition) is 3. The van der Waals surface area contributed by atoms with Crippen molar-refractivity contribution in [2.24, 2.45) is 0 Å². The van der Waals surface area contributed by atoms with Gasteiger partial charge in [-0.1, -0.05) is 29.8 Å². The molecule has 0 bridgehead atoms. The van der Waals surface area contributed by atoms with Crippen molar-refractivity contribution in [1.82, 2.24) is 5.32 Å². The average Bonchev–Trinajstić information content (AvgIpc) is 2.52. The Morgan fingerprint density at radius 1 is 1.05 bits per heavy atom. The number of benzene rings is 2. The third-order valence-electron chi connectivity index (χ3n) is 3.16. The predicted molar refractivity (Wildman–Crippen MR) is 84.4 cm³/mol. The third kappa shape index (κ3) is 4.61. The van der Waals surface area contributed by atoms with E-state index in [1.165, 1.54) is 11.1 Å². The van der Waals surface area contributed by atoms with Crippen LogP contribution in [0.1, 0.15) is 21.5 Å². The zero-order valence-corrected chi connectivity index (χ0v) is 12.1. The summed E-state index contributed by atoms with van der Waals surface area (Å²) < 4.78 is 0. The fraction of sp³-hybridized carbons (Fsp3) is 0.235. The maximum Gasteiger partial charge on any atom is 0.251 e. The first-order valence-corrected chi connectivity index (χ1v) is 6.97. The number of aliphatic hydroxyl groups is 1. The standard InChI is InChI=1S/C17H20N2O2/c1-13-2-4-14(5-3-13)12-19-16-8-6-15(7-9-16)17(21)18-10-11-20/h2-9,19-20H,10-12H2,1H3,(H,18,21). The lowest BCUT2D eigenvalue weighted by molar-refractivity contribution is 0.0945. The van der Waals surface area contributed by atoms with Crippen LogP contribution in [0.25, 0.3) is 0 Å². The highest BCUT2D eigenvalue weighted by Gasteiger charge is 2.04. The highest BCUT2D eigenvalue weighted by molar-refractivity contribution is 5.94. The molecule has 1 amide bonds. The van der Waals surface area contributed by atoms with Crippen molar-refractivity contribution in [3.63, 3.8) is 0 Å². The van der Waals surface area contributed by atoms with Gasteiger partial charge in [-0.15, -0.1) is 0 Å². The summed E-state index contributed by atoms with van der Waals surface area (Å²) in [6.45, 7) is 3.03. The molecule has 3 N–H and O–H groups in total. The molecular formula is C17H20N2O2. The minimum atomic E-state index is -0.172. The SMILES string of the molecule is Cc1ccc(CNc2ccc(C(=O)NCCO)cc2)cc1. The highest BCUT2D eigenvalue weighted by Crippen LogP contribution is 2.12. The molecule has 0 heterocycles. The number of carbonyl (C=O) groups is 1. The van der Waals surface area contributed by atoms with Crippen LogP contribution in [0.2, 0.25) is 0 Å². The van der Waals surface area contributed by atoms with E-state index in [0.29, 0.717) is 5.56 Å². The molecule has 0 aliphatic carbocycles. The summed E-state index contributed by atoms with van der Waals surface area (Å²) in [5.74, 6) is -0.172. The van der Waals surface area contributed by atoms with Gasteiger partial charge in [-0.2, -0.15) is 0 Å². The summed E-state index contributed by atoms with van der Waals surface area (Å²) in [5.41, 5.74) is 4.01. The number of hydrogen-bond donors (Lipinski definition) is 3. The Balaban J connectivity index is 1.90. The van der Waals surface area contributed by atoms with Crippen LogP contribution in [0.15, 0.2) is 48.5 Å². The molecule has 2 rings (SSSR count). The van der Waals surface area contributed by atoms with Crippen molar-refractivity contribution in [1.29, 1.82) is 0 Å². The zero-order chi connectivity index (χ0) is 15.1. The minimum absolute atomic E-state index is 0.0536. The largest absolute Gasteiger partial charge is 0.395 e. The van der Waals surface area contributed by atoms with Gasteiger partial charge in [-0.3, -0.25) is 4.79 Å². The molecule has 110 valence electrons. The number of rotatable bonds is 6. The maximum atomic E-state index is 11.7. The number of carbonyl (C=O) groups excluding carboxylic acids is 1. The molecule has 0 atom stereocenters. The topological polar surface area (TPSA) is 61.4 Å². The molecule has 4 heteroatoms. The number of amides is 1. The van der Waals surface area contributed by atoms with E-state index >= 15 is 0 Å². The number of nitrogens with one attached hydrogen (secondary N) is 2. The van der Waals surface area contributed by atoms with E-state index in [0.717, 1.165) is 12.2 Å². The highest BCUT2D eigenvalue weighted by atomic mass is 16.3. The maximum absolute atomic E-state index is 11.7. The van der Waals surface area contributed by atoms with Crippen molar-refractivity contribution in [3.05, 3.63) is 65.2 Å². The Morgan fingerprint density at radius 2 is 1.71 bits per heavy atom. The summed E-state index contributed by atoms with van der Waals surface area (Å²) in [5, 5.41) is 14.6. The van der Waals surface area contributed by atoms with Gasteiger partial charge in [0.1, 0.15) is 0 Å². The lowest BCUT2D eigenvalue weighted by Crippen LogP contribution is -2.26. The Morgan fingerprint density at radius 3 is 2.33 bits per heavy atom. The normalized spacial score (nSPS) is 10.2. The first-order chi connectivity index (χ1) is 10.2. The van der Waals surface area contributed by atoms with Gasteiger partial charge in [0.25, 0.3) is 5.91 Å². The van der Waals surface area contributed by atoms with E-state index < -0.39 is 0 Å². The minimum Gasteiger partial charge on any atom is -0.395 e. The molecule has 0 radical (unpaired) electrons. The molecule has 0 fully saturated rings. The van der Waals surface area contributed by atoms with Gasteiger partial charge >= 0.3 is 0 Å². The average molecular weight is 284 g/mol. The second-order valence-corrected chi connectivity index (χ2v) is 4.90. The van der Waals surface area contributed by atoms with Gasteiger partial charge in [0.15, 0.2) is 0 Å². The first-order valence-electron chi connectivity index (χ1n) is 6.97. The van der Waals surface area contributed by atoms with Crippen LogP contribution in [0.4, 0.5) is 5.69 Å². The molecule has 0 aliphatic rings. The van der Waals surface area contributed by atoms with Crippen LogP contribution < -0.4 is 10.6 Å². The van der Waals surface area contributed by atoms with Crippen LogP contribution >= 0.6 is 0 Å².